The summed E-state index contributed by atoms with van der Waals surface area (Å²) in [5.41, 5.74) is 8.77. The summed E-state index contributed by atoms with van der Waals surface area (Å²) >= 11 is 0. The summed E-state index contributed by atoms with van der Waals surface area (Å²) in [4.78, 5) is 15.7. The number of nitrogens with two attached hydrogens (primary N) is 1. The Kier molecular flexibility index (Phi) is 6.34. The van der Waals surface area contributed by atoms with Crippen molar-refractivity contribution >= 4 is 18.3 Å². The molecule has 4 nitrogen and oxygen atoms in total. The summed E-state index contributed by atoms with van der Waals surface area (Å²) in [7, 11) is 0. The van der Waals surface area contributed by atoms with E-state index in [1.54, 1.807) is 13.1 Å². The van der Waals surface area contributed by atoms with Crippen molar-refractivity contribution in [3.8, 4) is 11.1 Å². The van der Waals surface area contributed by atoms with Crippen molar-refractivity contribution in [1.29, 1.82) is 0 Å². The average molecular weight is 306 g/mol. The van der Waals surface area contributed by atoms with Gasteiger partial charge < -0.3 is 11.1 Å². The quantitative estimate of drug-likeness (QED) is 0.912. The maximum absolute atomic E-state index is 11.6. The summed E-state index contributed by atoms with van der Waals surface area (Å²) in [6.45, 7) is 3.62. The Balaban J connectivity index is 0.00000220. The van der Waals surface area contributed by atoms with Crippen LogP contribution in [0.1, 0.15) is 25.5 Å². The van der Waals surface area contributed by atoms with E-state index in [0.717, 1.165) is 16.7 Å². The van der Waals surface area contributed by atoms with Gasteiger partial charge in [-0.1, -0.05) is 30.3 Å². The Morgan fingerprint density at radius 1 is 1.14 bits per heavy atom. The molecule has 0 aliphatic heterocycles. The van der Waals surface area contributed by atoms with Crippen LogP contribution in [0.5, 0.6) is 0 Å². The van der Waals surface area contributed by atoms with Gasteiger partial charge in [0.2, 0.25) is 5.91 Å². The second kappa shape index (κ2) is 7.76. The Labute approximate surface area is 131 Å². The first-order chi connectivity index (χ1) is 9.58. The number of halogens is 1. The Hall–Kier alpha value is -1.91. The van der Waals surface area contributed by atoms with Gasteiger partial charge in [0.1, 0.15) is 0 Å². The second-order valence-electron chi connectivity index (χ2n) is 4.88. The molecule has 2 unspecified atom stereocenters. The normalized spacial score (nSPS) is 12.9. The first-order valence-corrected chi connectivity index (χ1v) is 6.64. The Bertz CT molecular complexity index is 570. The third kappa shape index (κ3) is 4.55. The molecule has 5 heteroatoms. The van der Waals surface area contributed by atoms with Crippen molar-refractivity contribution in [1.82, 2.24) is 10.3 Å². The molecule has 0 bridgehead atoms. The van der Waals surface area contributed by atoms with Gasteiger partial charge in [-0.15, -0.1) is 12.4 Å². The number of aromatic nitrogens is 1. The number of carbonyl (C=O) groups excluding carboxylic acids is 1. The van der Waals surface area contributed by atoms with Crippen LogP contribution in [0, 0.1) is 0 Å². The van der Waals surface area contributed by atoms with Crippen molar-refractivity contribution in [3.63, 3.8) is 0 Å². The minimum Gasteiger partial charge on any atom is -0.348 e. The molecule has 2 aromatic rings. The summed E-state index contributed by atoms with van der Waals surface area (Å²) in [6, 6.07) is 11.5. The van der Waals surface area contributed by atoms with Crippen LogP contribution < -0.4 is 11.1 Å². The molecule has 0 saturated heterocycles. The number of amides is 1. The molecule has 1 amide bonds. The predicted octanol–water partition coefficient (Wildman–Crippen LogP) is 2.69. The van der Waals surface area contributed by atoms with Crippen LogP contribution in [0.2, 0.25) is 0 Å². The molecule has 0 aliphatic carbocycles. The van der Waals surface area contributed by atoms with Crippen molar-refractivity contribution < 1.29 is 4.79 Å². The smallest absolute Gasteiger partial charge is 0.237 e. The number of pyridine rings is 1. The summed E-state index contributed by atoms with van der Waals surface area (Å²) in [6.07, 6.45) is 3.58. The molecule has 1 heterocycles. The van der Waals surface area contributed by atoms with Crippen LogP contribution in [-0.2, 0) is 4.79 Å². The highest BCUT2D eigenvalue weighted by atomic mass is 35.5. The van der Waals surface area contributed by atoms with Crippen molar-refractivity contribution in [2.45, 2.75) is 25.9 Å². The van der Waals surface area contributed by atoms with Gasteiger partial charge in [0.25, 0.3) is 0 Å². The van der Waals surface area contributed by atoms with E-state index in [2.05, 4.69) is 10.3 Å². The van der Waals surface area contributed by atoms with Crippen molar-refractivity contribution in [2.75, 3.05) is 0 Å². The molecule has 112 valence electrons. The molecule has 1 aromatic carbocycles. The SMILES string of the molecule is CC(N)C(=O)NC(C)c1ccc(-c2cccnc2)cc1.Cl. The topological polar surface area (TPSA) is 68.0 Å². The molecular formula is C16H20ClN3O. The van der Waals surface area contributed by atoms with Crippen LogP contribution in [0.3, 0.4) is 0 Å². The zero-order valence-electron chi connectivity index (χ0n) is 12.1. The summed E-state index contributed by atoms with van der Waals surface area (Å²) < 4.78 is 0. The molecule has 0 fully saturated rings. The van der Waals surface area contributed by atoms with E-state index < -0.39 is 6.04 Å². The van der Waals surface area contributed by atoms with E-state index in [1.165, 1.54) is 0 Å². The van der Waals surface area contributed by atoms with E-state index in [-0.39, 0.29) is 24.4 Å². The van der Waals surface area contributed by atoms with Gasteiger partial charge in [-0.25, -0.2) is 0 Å². The van der Waals surface area contributed by atoms with Crippen molar-refractivity contribution in [3.05, 3.63) is 54.4 Å². The minimum atomic E-state index is -0.493. The molecule has 2 atom stereocenters. The third-order valence-electron chi connectivity index (χ3n) is 3.18. The van der Waals surface area contributed by atoms with Crippen LogP contribution in [0.15, 0.2) is 48.8 Å². The fourth-order valence-electron chi connectivity index (χ4n) is 1.93. The lowest BCUT2D eigenvalue weighted by molar-refractivity contribution is -0.122. The zero-order chi connectivity index (χ0) is 14.5. The lowest BCUT2D eigenvalue weighted by Gasteiger charge is -2.16. The van der Waals surface area contributed by atoms with Crippen LogP contribution in [0.25, 0.3) is 11.1 Å². The first-order valence-electron chi connectivity index (χ1n) is 6.64. The first kappa shape index (κ1) is 17.1. The maximum atomic E-state index is 11.6. The molecule has 0 radical (unpaired) electrons. The van der Waals surface area contributed by atoms with Crippen LogP contribution in [-0.4, -0.2) is 16.9 Å². The number of nitrogens with zero attached hydrogens (tertiary/aromatic N) is 1. The van der Waals surface area contributed by atoms with E-state index >= 15 is 0 Å². The zero-order valence-corrected chi connectivity index (χ0v) is 12.9. The number of hydrogen-bond donors (Lipinski definition) is 2. The van der Waals surface area contributed by atoms with Crippen molar-refractivity contribution in [2.24, 2.45) is 5.73 Å². The number of nitrogens with one attached hydrogen (secondary N) is 1. The molecule has 1 aromatic heterocycles. The number of hydrogen-bond acceptors (Lipinski definition) is 3. The highest BCUT2D eigenvalue weighted by Gasteiger charge is 2.12. The summed E-state index contributed by atoms with van der Waals surface area (Å²) in [5, 5.41) is 2.88. The lowest BCUT2D eigenvalue weighted by Crippen LogP contribution is -2.39. The number of benzene rings is 1. The van der Waals surface area contributed by atoms with Gasteiger partial charge in [-0.2, -0.15) is 0 Å². The van der Waals surface area contributed by atoms with Gasteiger partial charge in [0, 0.05) is 12.4 Å². The molecule has 21 heavy (non-hydrogen) atoms. The fraction of sp³-hybridized carbons (Fsp3) is 0.250. The van der Waals surface area contributed by atoms with E-state index in [4.69, 9.17) is 5.73 Å². The third-order valence-corrected chi connectivity index (χ3v) is 3.18. The molecule has 0 saturated carbocycles. The standard InChI is InChI=1S/C16H19N3O.ClH/c1-11(17)16(20)19-12(2)13-5-7-14(8-6-13)15-4-3-9-18-10-15;/h3-12H,17H2,1-2H3,(H,19,20);1H. The van der Waals surface area contributed by atoms with E-state index in [0.29, 0.717) is 0 Å². The highest BCUT2D eigenvalue weighted by Crippen LogP contribution is 2.21. The van der Waals surface area contributed by atoms with E-state index in [1.807, 2.05) is 49.5 Å². The molecule has 2 rings (SSSR count). The number of carbonyl (C=O) groups is 1. The van der Waals surface area contributed by atoms with Gasteiger partial charge in [0.15, 0.2) is 0 Å². The fourth-order valence-corrected chi connectivity index (χ4v) is 1.93. The molecule has 3 N–H and O–H groups in total. The molecular weight excluding hydrogens is 286 g/mol. The predicted molar refractivity (Wildman–Crippen MR) is 87.1 cm³/mol. The van der Waals surface area contributed by atoms with Crippen LogP contribution >= 0.6 is 12.4 Å². The van der Waals surface area contributed by atoms with Gasteiger partial charge in [0.05, 0.1) is 12.1 Å². The summed E-state index contributed by atoms with van der Waals surface area (Å²) in [5.74, 6) is -0.145. The van der Waals surface area contributed by atoms with Gasteiger partial charge >= 0.3 is 0 Å². The van der Waals surface area contributed by atoms with Gasteiger partial charge in [-0.05, 0) is 36.6 Å². The highest BCUT2D eigenvalue weighted by molar-refractivity contribution is 5.85. The van der Waals surface area contributed by atoms with Crippen LogP contribution in [0.4, 0.5) is 0 Å². The number of rotatable bonds is 4. The molecule has 0 aliphatic rings. The Morgan fingerprint density at radius 3 is 2.33 bits per heavy atom. The second-order valence-corrected chi connectivity index (χ2v) is 4.88. The molecule has 0 spiro atoms. The average Bonchev–Trinajstić information content (AvgIpc) is 2.48. The lowest BCUT2D eigenvalue weighted by atomic mass is 10.0. The maximum Gasteiger partial charge on any atom is 0.237 e. The monoisotopic (exact) mass is 305 g/mol. The van der Waals surface area contributed by atoms with E-state index in [9.17, 15) is 4.79 Å². The Morgan fingerprint density at radius 2 is 1.81 bits per heavy atom. The van der Waals surface area contributed by atoms with Gasteiger partial charge in [-0.3, -0.25) is 9.78 Å². The minimum absolute atomic E-state index is 0. The largest absolute Gasteiger partial charge is 0.348 e.